The number of rotatable bonds is 11. The lowest BCUT2D eigenvalue weighted by molar-refractivity contribution is -0.166. The van der Waals surface area contributed by atoms with E-state index in [4.69, 9.17) is 14.2 Å². The molecule has 3 fully saturated rings. The van der Waals surface area contributed by atoms with Gasteiger partial charge in [0.05, 0.1) is 24.2 Å². The van der Waals surface area contributed by atoms with Crippen LogP contribution in [0.5, 0.6) is 17.2 Å². The monoisotopic (exact) mass is 723 g/mol. The minimum absolute atomic E-state index is 0.0256. The Morgan fingerprint density at radius 3 is 2.09 bits per heavy atom. The first-order valence-electron chi connectivity index (χ1n) is 18.2. The van der Waals surface area contributed by atoms with Gasteiger partial charge in [0.15, 0.2) is 0 Å². The Kier molecular flexibility index (Phi) is 9.99. The zero-order chi connectivity index (χ0) is 37.3. The Morgan fingerprint density at radius 2 is 1.51 bits per heavy atom. The number of amides is 2. The van der Waals surface area contributed by atoms with Crippen molar-refractivity contribution in [3.8, 4) is 17.2 Å². The zero-order valence-electron chi connectivity index (χ0n) is 30.6. The molecule has 0 spiro atoms. The number of pyridine rings is 1. The van der Waals surface area contributed by atoms with Gasteiger partial charge in [-0.15, -0.1) is 0 Å². The van der Waals surface area contributed by atoms with Crippen LogP contribution in [0.4, 0.5) is 21.5 Å². The molecule has 1 saturated carbocycles. The minimum Gasteiger partial charge on any atom is -0.495 e. The number of esters is 1. The molecule has 11 nitrogen and oxygen atoms in total. The van der Waals surface area contributed by atoms with E-state index < -0.39 is 22.7 Å². The van der Waals surface area contributed by atoms with Crippen molar-refractivity contribution in [3.05, 3.63) is 78.7 Å². The number of benzene rings is 3. The molecule has 0 atom stereocenters. The van der Waals surface area contributed by atoms with E-state index in [1.165, 1.54) is 24.3 Å². The molecular weight excluding hydrogens is 677 g/mol. The molecular formula is C41H46FN5O6. The van der Waals surface area contributed by atoms with Crippen molar-refractivity contribution < 1.29 is 33.0 Å². The molecule has 2 amide bonds. The predicted octanol–water partition coefficient (Wildman–Crippen LogP) is 7.02. The molecule has 0 unspecified atom stereocenters. The summed E-state index contributed by atoms with van der Waals surface area (Å²) in [5, 5.41) is 6.39. The molecule has 278 valence electrons. The number of carbonyl (C=O) groups excluding carboxylic acids is 3. The fraction of sp³-hybridized carbons (Fsp3) is 0.415. The molecule has 3 heterocycles. The molecule has 2 saturated heterocycles. The van der Waals surface area contributed by atoms with Crippen molar-refractivity contribution in [1.82, 2.24) is 9.88 Å². The lowest BCUT2D eigenvalue weighted by atomic mass is 9.92. The van der Waals surface area contributed by atoms with Crippen LogP contribution in [0.25, 0.3) is 10.9 Å². The van der Waals surface area contributed by atoms with E-state index in [-0.39, 0.29) is 17.8 Å². The third-order valence-corrected chi connectivity index (χ3v) is 10.2. The summed E-state index contributed by atoms with van der Waals surface area (Å²) in [5.41, 5.74) is 1.14. The Bertz CT molecular complexity index is 1980. The summed E-state index contributed by atoms with van der Waals surface area (Å²) in [7, 11) is 1.67. The van der Waals surface area contributed by atoms with Crippen molar-refractivity contribution in [2.24, 2.45) is 17.3 Å². The van der Waals surface area contributed by atoms with Crippen LogP contribution in [0.15, 0.2) is 72.9 Å². The number of halogens is 1. The summed E-state index contributed by atoms with van der Waals surface area (Å²) < 4.78 is 31.0. The van der Waals surface area contributed by atoms with Gasteiger partial charge in [0, 0.05) is 55.7 Å². The first-order chi connectivity index (χ1) is 25.4. The summed E-state index contributed by atoms with van der Waals surface area (Å²) >= 11 is 0. The second kappa shape index (κ2) is 14.7. The van der Waals surface area contributed by atoms with Crippen LogP contribution >= 0.6 is 0 Å². The van der Waals surface area contributed by atoms with E-state index in [0.717, 1.165) is 67.9 Å². The molecule has 1 aromatic heterocycles. The van der Waals surface area contributed by atoms with Gasteiger partial charge in [0.25, 0.3) is 0 Å². The summed E-state index contributed by atoms with van der Waals surface area (Å²) in [4.78, 5) is 47.8. The normalized spacial score (nSPS) is 17.5. The average Bonchev–Trinajstić information content (AvgIpc) is 3.93. The number of nitrogens with zero attached hydrogens (tertiary/aromatic N) is 3. The average molecular weight is 724 g/mol. The summed E-state index contributed by atoms with van der Waals surface area (Å²) in [6, 6.07) is 18.3. The van der Waals surface area contributed by atoms with Crippen LogP contribution in [-0.2, 0) is 19.1 Å². The molecule has 2 aliphatic heterocycles. The van der Waals surface area contributed by atoms with Crippen LogP contribution in [0.2, 0.25) is 0 Å². The van der Waals surface area contributed by atoms with Gasteiger partial charge < -0.3 is 34.6 Å². The number of likely N-dealkylation sites (tertiary alicyclic amines) is 1. The van der Waals surface area contributed by atoms with Crippen molar-refractivity contribution >= 4 is 45.7 Å². The maximum atomic E-state index is 13.3. The molecule has 0 bridgehead atoms. The van der Waals surface area contributed by atoms with Gasteiger partial charge in [-0.25, -0.2) is 4.39 Å². The summed E-state index contributed by atoms with van der Waals surface area (Å²) in [6.45, 7) is 10.0. The highest BCUT2D eigenvalue weighted by molar-refractivity contribution is 6.16. The fourth-order valence-corrected chi connectivity index (χ4v) is 7.06. The predicted molar refractivity (Wildman–Crippen MR) is 201 cm³/mol. The number of fused-ring (bicyclic) bond motifs is 1. The Balaban J connectivity index is 0.943. The van der Waals surface area contributed by atoms with Crippen LogP contribution in [-0.4, -0.2) is 73.1 Å². The number of ether oxygens (including phenoxy) is 3. The molecule has 0 radical (unpaired) electrons. The number of methoxy groups -OCH3 is 1. The first-order valence-corrected chi connectivity index (χ1v) is 18.2. The summed E-state index contributed by atoms with van der Waals surface area (Å²) in [6.07, 6.45) is 4.68. The van der Waals surface area contributed by atoms with Crippen molar-refractivity contribution in [2.75, 3.05) is 55.4 Å². The SMILES string of the molecule is COc1cc2c(Oc3ccc(NC(=O)C4(C(=O)Nc5ccc(F)cc5)CC4)cc3)ccnc2cc1N1CCC(CN2CC(C(=O)OC(C)(C)C)C2)CC1. The van der Waals surface area contributed by atoms with E-state index in [1.54, 1.807) is 37.6 Å². The van der Waals surface area contributed by atoms with Crippen LogP contribution in [0, 0.1) is 23.1 Å². The molecule has 1 aliphatic carbocycles. The molecule has 2 N–H and O–H groups in total. The number of anilines is 3. The second-order valence-electron chi connectivity index (χ2n) is 15.4. The third-order valence-electron chi connectivity index (χ3n) is 10.2. The van der Waals surface area contributed by atoms with Gasteiger partial charge >= 0.3 is 5.97 Å². The molecule has 3 aromatic carbocycles. The smallest absolute Gasteiger partial charge is 0.312 e. The number of carbonyl (C=O) groups is 3. The van der Waals surface area contributed by atoms with E-state index in [0.29, 0.717) is 41.6 Å². The van der Waals surface area contributed by atoms with Crippen LogP contribution < -0.4 is 25.0 Å². The second-order valence-corrected chi connectivity index (χ2v) is 15.4. The van der Waals surface area contributed by atoms with Crippen molar-refractivity contribution in [2.45, 2.75) is 52.1 Å². The number of piperidine rings is 1. The van der Waals surface area contributed by atoms with Gasteiger partial charge in [-0.3, -0.25) is 19.4 Å². The van der Waals surface area contributed by atoms with Crippen LogP contribution in [0.1, 0.15) is 46.5 Å². The zero-order valence-corrected chi connectivity index (χ0v) is 30.6. The molecule has 3 aliphatic rings. The summed E-state index contributed by atoms with van der Waals surface area (Å²) in [5.74, 6) is 1.17. The van der Waals surface area contributed by atoms with E-state index in [9.17, 15) is 18.8 Å². The number of aromatic nitrogens is 1. The van der Waals surface area contributed by atoms with Crippen LogP contribution in [0.3, 0.4) is 0 Å². The highest BCUT2D eigenvalue weighted by atomic mass is 19.1. The first kappa shape index (κ1) is 36.1. The topological polar surface area (TPSA) is 122 Å². The maximum Gasteiger partial charge on any atom is 0.312 e. The van der Waals surface area contributed by atoms with E-state index in [1.807, 2.05) is 32.9 Å². The Morgan fingerprint density at radius 1 is 0.887 bits per heavy atom. The molecule has 7 rings (SSSR count). The highest BCUT2D eigenvalue weighted by Gasteiger charge is 2.56. The van der Waals surface area contributed by atoms with E-state index >= 15 is 0 Å². The minimum atomic E-state index is -1.16. The Labute approximate surface area is 308 Å². The standard InChI is InChI=1S/C41H46FN5O6/c1-40(2,3)53-37(48)27-24-46(25-27)23-26-14-19-47(20-15-26)34-22-33-32(21-36(34)51-4)35(13-18-43-33)52-31-11-9-30(10-12-31)45-39(50)41(16-17-41)38(49)44-29-7-5-28(42)6-8-29/h5-13,18,21-22,26-27H,14-17,19-20,23-25H2,1-4H3,(H,44,49)(H,45,50). The fourth-order valence-electron chi connectivity index (χ4n) is 7.06. The number of hydrogen-bond acceptors (Lipinski definition) is 9. The van der Waals surface area contributed by atoms with Crippen molar-refractivity contribution in [3.63, 3.8) is 0 Å². The van der Waals surface area contributed by atoms with Crippen molar-refractivity contribution in [1.29, 1.82) is 0 Å². The quantitative estimate of drug-likeness (QED) is 0.124. The largest absolute Gasteiger partial charge is 0.495 e. The lowest BCUT2D eigenvalue weighted by Gasteiger charge is -2.42. The number of hydrogen-bond donors (Lipinski definition) is 2. The van der Waals surface area contributed by atoms with Gasteiger partial charge in [0.2, 0.25) is 11.8 Å². The molecule has 4 aromatic rings. The number of nitrogens with one attached hydrogen (secondary N) is 2. The maximum absolute atomic E-state index is 13.3. The Hall–Kier alpha value is -5.23. The van der Waals surface area contributed by atoms with Gasteiger partial charge in [-0.1, -0.05) is 0 Å². The van der Waals surface area contributed by atoms with Gasteiger partial charge in [-0.2, -0.15) is 0 Å². The van der Waals surface area contributed by atoms with Gasteiger partial charge in [-0.05, 0) is 119 Å². The molecule has 53 heavy (non-hydrogen) atoms. The third kappa shape index (κ3) is 8.22. The van der Waals surface area contributed by atoms with Gasteiger partial charge in [0.1, 0.15) is 34.1 Å². The van der Waals surface area contributed by atoms with E-state index in [2.05, 4.69) is 31.5 Å². The highest BCUT2D eigenvalue weighted by Crippen LogP contribution is 2.48. The molecule has 12 heteroatoms. The lowest BCUT2D eigenvalue weighted by Crippen LogP contribution is -2.53.